The second-order valence-corrected chi connectivity index (χ2v) is 33.5. The zero-order valence-corrected chi connectivity index (χ0v) is 67.5. The molecule has 17 nitrogen and oxygen atoms in total. The van der Waals surface area contributed by atoms with Gasteiger partial charge in [-0.25, -0.2) is 9.13 Å². The van der Waals surface area contributed by atoms with Crippen molar-refractivity contribution in [1.29, 1.82) is 0 Å². The molecule has 0 aliphatic heterocycles. The van der Waals surface area contributed by atoms with E-state index < -0.39 is 97.5 Å². The average molecular weight is 1470 g/mol. The minimum atomic E-state index is -4.96. The van der Waals surface area contributed by atoms with Gasteiger partial charge in [0, 0.05) is 25.7 Å². The summed E-state index contributed by atoms with van der Waals surface area (Å²) >= 11 is 0. The van der Waals surface area contributed by atoms with Crippen LogP contribution in [0.15, 0.2) is 0 Å². The van der Waals surface area contributed by atoms with Gasteiger partial charge in [-0.2, -0.15) is 0 Å². The van der Waals surface area contributed by atoms with Crippen LogP contribution in [0.25, 0.3) is 0 Å². The van der Waals surface area contributed by atoms with Crippen molar-refractivity contribution in [2.24, 2.45) is 17.8 Å². The van der Waals surface area contributed by atoms with Crippen LogP contribution in [-0.2, 0) is 65.4 Å². The van der Waals surface area contributed by atoms with Gasteiger partial charge in [0.1, 0.15) is 19.3 Å². The second kappa shape index (κ2) is 71.3. The summed E-state index contributed by atoms with van der Waals surface area (Å²) in [7, 11) is -9.92. The summed E-state index contributed by atoms with van der Waals surface area (Å²) in [5, 5.41) is 10.6. The number of esters is 4. The molecule has 100 heavy (non-hydrogen) atoms. The van der Waals surface area contributed by atoms with E-state index in [1.807, 2.05) is 0 Å². The van der Waals surface area contributed by atoms with Gasteiger partial charge in [-0.3, -0.25) is 37.3 Å². The van der Waals surface area contributed by atoms with Gasteiger partial charge in [0.15, 0.2) is 12.2 Å². The van der Waals surface area contributed by atoms with Crippen molar-refractivity contribution in [3.63, 3.8) is 0 Å². The number of phosphoric ester groups is 2. The lowest BCUT2D eigenvalue weighted by molar-refractivity contribution is -0.161. The fraction of sp³-hybridized carbons (Fsp3) is 0.951. The second-order valence-electron chi connectivity index (χ2n) is 30.6. The predicted molar refractivity (Wildman–Crippen MR) is 409 cm³/mol. The lowest BCUT2D eigenvalue weighted by atomic mass is 10.0. The van der Waals surface area contributed by atoms with Gasteiger partial charge in [0.05, 0.1) is 26.4 Å². The fourth-order valence-corrected chi connectivity index (χ4v) is 14.1. The molecule has 0 aliphatic rings. The first kappa shape index (κ1) is 98.1. The number of ether oxygens (including phenoxy) is 4. The minimum Gasteiger partial charge on any atom is -0.462 e. The summed E-state index contributed by atoms with van der Waals surface area (Å²) in [6.45, 7) is 11.9. The third kappa shape index (κ3) is 74.3. The van der Waals surface area contributed by atoms with E-state index in [-0.39, 0.29) is 25.7 Å². The van der Waals surface area contributed by atoms with Gasteiger partial charge in [0.25, 0.3) is 0 Å². The zero-order valence-electron chi connectivity index (χ0n) is 65.7. The molecule has 0 saturated carbocycles. The number of carbonyl (C=O) groups excluding carboxylic acids is 4. The molecule has 0 amide bonds. The fourth-order valence-electron chi connectivity index (χ4n) is 12.5. The van der Waals surface area contributed by atoms with Crippen molar-refractivity contribution in [2.45, 2.75) is 439 Å². The largest absolute Gasteiger partial charge is 0.472 e. The molecule has 0 fully saturated rings. The Labute approximate surface area is 613 Å². The van der Waals surface area contributed by atoms with Crippen molar-refractivity contribution in [2.75, 3.05) is 39.6 Å². The molecule has 594 valence electrons. The summed E-state index contributed by atoms with van der Waals surface area (Å²) in [5.41, 5.74) is 0. The maximum atomic E-state index is 13.1. The molecule has 0 aromatic rings. The van der Waals surface area contributed by atoms with Crippen molar-refractivity contribution in [3.05, 3.63) is 0 Å². The molecule has 0 aliphatic carbocycles. The highest BCUT2D eigenvalue weighted by Crippen LogP contribution is 2.45. The quantitative estimate of drug-likeness (QED) is 0.0222. The van der Waals surface area contributed by atoms with Crippen LogP contribution in [0.3, 0.4) is 0 Å². The molecule has 0 bridgehead atoms. The van der Waals surface area contributed by atoms with Gasteiger partial charge >= 0.3 is 39.5 Å². The highest BCUT2D eigenvalue weighted by molar-refractivity contribution is 7.47. The Morgan fingerprint density at radius 2 is 0.460 bits per heavy atom. The van der Waals surface area contributed by atoms with Gasteiger partial charge < -0.3 is 33.8 Å². The van der Waals surface area contributed by atoms with Crippen LogP contribution in [0.1, 0.15) is 421 Å². The van der Waals surface area contributed by atoms with Crippen LogP contribution in [0.2, 0.25) is 0 Å². The first-order valence-electron chi connectivity index (χ1n) is 41.8. The van der Waals surface area contributed by atoms with Gasteiger partial charge in [-0.15, -0.1) is 0 Å². The van der Waals surface area contributed by atoms with E-state index in [1.54, 1.807) is 0 Å². The van der Waals surface area contributed by atoms with Crippen LogP contribution in [0.4, 0.5) is 0 Å². The zero-order chi connectivity index (χ0) is 73.7. The third-order valence-corrected chi connectivity index (χ3v) is 20.8. The Balaban J connectivity index is 5.26. The van der Waals surface area contributed by atoms with E-state index in [2.05, 4.69) is 48.5 Å². The number of rotatable bonds is 79. The van der Waals surface area contributed by atoms with Gasteiger partial charge in [-0.1, -0.05) is 370 Å². The average Bonchev–Trinajstić information content (AvgIpc) is 0.946. The molecule has 0 radical (unpaired) electrons. The lowest BCUT2D eigenvalue weighted by Crippen LogP contribution is -2.30. The molecule has 0 spiro atoms. The number of unbranched alkanes of at least 4 members (excludes halogenated alkanes) is 47. The number of aliphatic hydroxyl groups excluding tert-OH is 1. The third-order valence-electron chi connectivity index (χ3n) is 18.9. The maximum Gasteiger partial charge on any atom is 0.472 e. The van der Waals surface area contributed by atoms with Crippen molar-refractivity contribution < 1.29 is 80.2 Å². The number of hydrogen-bond donors (Lipinski definition) is 3. The molecular weight excluding hydrogens is 1310 g/mol. The maximum absolute atomic E-state index is 13.1. The SMILES string of the molecule is CCCCCCCCCCCCCCCCCCC(=O)OC[C@H](COP(=O)(O)OC[C@@H](O)COP(=O)(O)OC[C@@H](COC(=O)CCCCCCCCCCCC(C)C)OC(=O)CCCCCCCCCCCCC(C)C)OC(=O)CCCCCCCCCCCCCCCCCCC(C)C. The molecule has 0 saturated heterocycles. The van der Waals surface area contributed by atoms with Gasteiger partial charge in [-0.05, 0) is 43.4 Å². The molecule has 0 aromatic carbocycles. The minimum absolute atomic E-state index is 0.106. The monoisotopic (exact) mass is 1470 g/mol. The number of carbonyl (C=O) groups is 4. The van der Waals surface area contributed by atoms with Crippen LogP contribution >= 0.6 is 15.6 Å². The predicted octanol–water partition coefficient (Wildman–Crippen LogP) is 24.1. The molecule has 0 heterocycles. The summed E-state index contributed by atoms with van der Waals surface area (Å²) in [5.74, 6) is 0.195. The van der Waals surface area contributed by atoms with Crippen molar-refractivity contribution in [1.82, 2.24) is 0 Å². The van der Waals surface area contributed by atoms with Crippen LogP contribution in [0, 0.1) is 17.8 Å². The smallest absolute Gasteiger partial charge is 0.462 e. The van der Waals surface area contributed by atoms with E-state index in [0.29, 0.717) is 25.7 Å². The van der Waals surface area contributed by atoms with E-state index in [9.17, 15) is 43.2 Å². The van der Waals surface area contributed by atoms with E-state index in [0.717, 1.165) is 108 Å². The Morgan fingerprint density at radius 3 is 0.680 bits per heavy atom. The number of aliphatic hydroxyl groups is 1. The van der Waals surface area contributed by atoms with Crippen LogP contribution in [0.5, 0.6) is 0 Å². The highest BCUT2D eigenvalue weighted by Gasteiger charge is 2.30. The summed E-state index contributed by atoms with van der Waals surface area (Å²) in [6, 6.07) is 0. The summed E-state index contributed by atoms with van der Waals surface area (Å²) in [6.07, 6.45) is 59.6. The first-order valence-corrected chi connectivity index (χ1v) is 44.8. The van der Waals surface area contributed by atoms with Crippen LogP contribution in [-0.4, -0.2) is 96.7 Å². The molecule has 0 rings (SSSR count). The van der Waals surface area contributed by atoms with Crippen molar-refractivity contribution >= 4 is 39.5 Å². The number of hydrogen-bond acceptors (Lipinski definition) is 15. The molecule has 5 atom stereocenters. The summed E-state index contributed by atoms with van der Waals surface area (Å²) < 4.78 is 68.7. The first-order chi connectivity index (χ1) is 48.2. The Hall–Kier alpha value is -1.94. The molecule has 0 aromatic heterocycles. The molecular formula is C81H158O17P2. The van der Waals surface area contributed by atoms with Crippen molar-refractivity contribution in [3.8, 4) is 0 Å². The van der Waals surface area contributed by atoms with E-state index >= 15 is 0 Å². The molecule has 19 heteroatoms. The molecule has 3 N–H and O–H groups in total. The van der Waals surface area contributed by atoms with Crippen LogP contribution < -0.4 is 0 Å². The Bertz CT molecular complexity index is 1940. The topological polar surface area (TPSA) is 237 Å². The summed E-state index contributed by atoms with van der Waals surface area (Å²) in [4.78, 5) is 73.0. The Morgan fingerprint density at radius 1 is 0.270 bits per heavy atom. The molecule has 2 unspecified atom stereocenters. The highest BCUT2D eigenvalue weighted by atomic mass is 31.2. The lowest BCUT2D eigenvalue weighted by Gasteiger charge is -2.21. The number of phosphoric acid groups is 2. The van der Waals surface area contributed by atoms with E-state index in [1.165, 1.54) is 231 Å². The standard InChI is InChI=1S/C81H158O17P2/c1-8-9-10-11-12-13-14-15-16-20-23-26-34-41-48-55-62-78(83)91-68-76(97-80(85)64-57-50-43-35-27-24-21-18-17-19-22-25-31-38-45-52-59-72(2)3)70-95-99(87,88)93-66-75(82)67-94-100(89,90)96-71-77(69-92-79(84)63-56-49-42-37-30-33-40-47-54-61-74(6)7)98-81(86)65-58-51-44-36-29-28-32-39-46-53-60-73(4)5/h72-77,82H,8-71H2,1-7H3,(H,87,88)(H,89,90)/t75-,76-,77-/m1/s1. The normalized spacial score (nSPS) is 14.0. The van der Waals surface area contributed by atoms with Gasteiger partial charge in [0.2, 0.25) is 0 Å². The van der Waals surface area contributed by atoms with E-state index in [4.69, 9.17) is 37.0 Å². The Kier molecular flexibility index (Phi) is 69.9.